The molecule has 0 saturated heterocycles. The SMILES string of the molecule is CCOC(C)c1cc(O)ccc1O. The minimum atomic E-state index is -0.197. The molecule has 0 aliphatic heterocycles. The van der Waals surface area contributed by atoms with Crippen molar-refractivity contribution < 1.29 is 14.9 Å². The van der Waals surface area contributed by atoms with Gasteiger partial charge in [-0.3, -0.25) is 0 Å². The molecule has 0 bridgehead atoms. The highest BCUT2D eigenvalue weighted by Gasteiger charge is 2.10. The third-order valence-electron chi connectivity index (χ3n) is 1.87. The molecule has 1 unspecified atom stereocenters. The average molecular weight is 182 g/mol. The highest BCUT2D eigenvalue weighted by Crippen LogP contribution is 2.29. The summed E-state index contributed by atoms with van der Waals surface area (Å²) in [4.78, 5) is 0. The highest BCUT2D eigenvalue weighted by molar-refractivity contribution is 5.39. The second-order valence-corrected chi connectivity index (χ2v) is 2.84. The second kappa shape index (κ2) is 4.14. The summed E-state index contributed by atoms with van der Waals surface area (Å²) < 4.78 is 5.29. The zero-order chi connectivity index (χ0) is 9.84. The maximum atomic E-state index is 9.44. The van der Waals surface area contributed by atoms with Gasteiger partial charge in [0.05, 0.1) is 6.10 Å². The van der Waals surface area contributed by atoms with Crippen LogP contribution in [-0.4, -0.2) is 16.8 Å². The molecule has 0 aliphatic carbocycles. The van der Waals surface area contributed by atoms with Crippen LogP contribution in [0.3, 0.4) is 0 Å². The quantitative estimate of drug-likeness (QED) is 0.704. The van der Waals surface area contributed by atoms with E-state index in [0.717, 1.165) is 0 Å². The highest BCUT2D eigenvalue weighted by atomic mass is 16.5. The summed E-state index contributed by atoms with van der Waals surface area (Å²) >= 11 is 0. The maximum Gasteiger partial charge on any atom is 0.121 e. The van der Waals surface area contributed by atoms with E-state index in [1.165, 1.54) is 18.2 Å². The van der Waals surface area contributed by atoms with E-state index in [2.05, 4.69) is 0 Å². The lowest BCUT2D eigenvalue weighted by Crippen LogP contribution is -1.99. The molecular weight excluding hydrogens is 168 g/mol. The molecule has 3 nitrogen and oxygen atoms in total. The Morgan fingerprint density at radius 2 is 2.08 bits per heavy atom. The van der Waals surface area contributed by atoms with E-state index in [1.807, 2.05) is 13.8 Å². The Kier molecular flexibility index (Phi) is 3.14. The lowest BCUT2D eigenvalue weighted by molar-refractivity contribution is 0.0744. The van der Waals surface area contributed by atoms with Crippen molar-refractivity contribution in [3.8, 4) is 11.5 Å². The first-order valence-electron chi connectivity index (χ1n) is 4.28. The number of hydrogen-bond donors (Lipinski definition) is 2. The van der Waals surface area contributed by atoms with Crippen LogP contribution in [0.4, 0.5) is 0 Å². The summed E-state index contributed by atoms with van der Waals surface area (Å²) in [6.07, 6.45) is -0.197. The van der Waals surface area contributed by atoms with E-state index in [0.29, 0.717) is 12.2 Å². The van der Waals surface area contributed by atoms with Crippen molar-refractivity contribution in [3.63, 3.8) is 0 Å². The van der Waals surface area contributed by atoms with Crippen LogP contribution >= 0.6 is 0 Å². The molecule has 0 fully saturated rings. The zero-order valence-corrected chi connectivity index (χ0v) is 7.82. The van der Waals surface area contributed by atoms with Gasteiger partial charge in [-0.15, -0.1) is 0 Å². The van der Waals surface area contributed by atoms with Crippen LogP contribution in [0.25, 0.3) is 0 Å². The fourth-order valence-corrected chi connectivity index (χ4v) is 1.21. The predicted octanol–water partition coefficient (Wildman–Crippen LogP) is 2.20. The van der Waals surface area contributed by atoms with Crippen LogP contribution in [0.1, 0.15) is 25.5 Å². The number of rotatable bonds is 3. The minimum absolute atomic E-state index is 0.138. The number of phenolic OH excluding ortho intramolecular Hbond substituents is 2. The van der Waals surface area contributed by atoms with Crippen molar-refractivity contribution in [2.45, 2.75) is 20.0 Å². The standard InChI is InChI=1S/C10H14O3/c1-3-13-7(2)9-6-8(11)4-5-10(9)12/h4-7,11-12H,3H2,1-2H3. The largest absolute Gasteiger partial charge is 0.508 e. The third-order valence-corrected chi connectivity index (χ3v) is 1.87. The summed E-state index contributed by atoms with van der Waals surface area (Å²) in [6.45, 7) is 4.30. The van der Waals surface area contributed by atoms with Gasteiger partial charge in [-0.1, -0.05) is 0 Å². The van der Waals surface area contributed by atoms with Crippen molar-refractivity contribution in [2.24, 2.45) is 0 Å². The molecule has 1 aromatic rings. The van der Waals surface area contributed by atoms with Crippen LogP contribution in [0.5, 0.6) is 11.5 Å². The molecule has 0 amide bonds. The van der Waals surface area contributed by atoms with Crippen LogP contribution in [0, 0.1) is 0 Å². The number of hydrogen-bond acceptors (Lipinski definition) is 3. The summed E-state index contributed by atoms with van der Waals surface area (Å²) in [6, 6.07) is 4.41. The zero-order valence-electron chi connectivity index (χ0n) is 7.82. The van der Waals surface area contributed by atoms with Gasteiger partial charge in [0.15, 0.2) is 0 Å². The van der Waals surface area contributed by atoms with E-state index < -0.39 is 0 Å². The summed E-state index contributed by atoms with van der Waals surface area (Å²) in [7, 11) is 0. The summed E-state index contributed by atoms with van der Waals surface area (Å²) in [5.41, 5.74) is 0.613. The predicted molar refractivity (Wildman–Crippen MR) is 49.8 cm³/mol. The van der Waals surface area contributed by atoms with E-state index in [1.54, 1.807) is 0 Å². The first-order valence-corrected chi connectivity index (χ1v) is 4.28. The minimum Gasteiger partial charge on any atom is -0.508 e. The molecule has 3 heteroatoms. The van der Waals surface area contributed by atoms with Crippen LogP contribution < -0.4 is 0 Å². The maximum absolute atomic E-state index is 9.44. The Morgan fingerprint density at radius 1 is 1.38 bits per heavy atom. The Bertz CT molecular complexity index is 283. The molecule has 1 aromatic carbocycles. The molecule has 0 radical (unpaired) electrons. The van der Waals surface area contributed by atoms with E-state index in [4.69, 9.17) is 4.74 Å². The molecule has 0 spiro atoms. The van der Waals surface area contributed by atoms with Gasteiger partial charge in [-0.25, -0.2) is 0 Å². The number of phenols is 2. The summed E-state index contributed by atoms with van der Waals surface area (Å²) in [5.74, 6) is 0.290. The number of ether oxygens (including phenoxy) is 1. The first kappa shape index (κ1) is 9.86. The van der Waals surface area contributed by atoms with Gasteiger partial charge >= 0.3 is 0 Å². The Morgan fingerprint density at radius 3 is 2.69 bits per heavy atom. The molecule has 72 valence electrons. The molecule has 1 rings (SSSR count). The van der Waals surface area contributed by atoms with Crippen LogP contribution in [-0.2, 0) is 4.74 Å². The fourth-order valence-electron chi connectivity index (χ4n) is 1.21. The van der Waals surface area contributed by atoms with Gasteiger partial charge in [0.25, 0.3) is 0 Å². The lowest BCUT2D eigenvalue weighted by Gasteiger charge is -2.13. The van der Waals surface area contributed by atoms with Gasteiger partial charge in [0.1, 0.15) is 11.5 Å². The second-order valence-electron chi connectivity index (χ2n) is 2.84. The monoisotopic (exact) mass is 182 g/mol. The van der Waals surface area contributed by atoms with Crippen molar-refractivity contribution in [3.05, 3.63) is 23.8 Å². The molecule has 1 atom stereocenters. The van der Waals surface area contributed by atoms with Gasteiger partial charge < -0.3 is 14.9 Å². The molecular formula is C10H14O3. The van der Waals surface area contributed by atoms with Crippen molar-refractivity contribution in [2.75, 3.05) is 6.61 Å². The van der Waals surface area contributed by atoms with Gasteiger partial charge in [0, 0.05) is 12.2 Å². The Balaban J connectivity index is 2.91. The molecule has 13 heavy (non-hydrogen) atoms. The van der Waals surface area contributed by atoms with E-state index >= 15 is 0 Å². The molecule has 0 heterocycles. The van der Waals surface area contributed by atoms with Crippen LogP contribution in [0.2, 0.25) is 0 Å². The molecule has 2 N–H and O–H groups in total. The van der Waals surface area contributed by atoms with Gasteiger partial charge in [-0.2, -0.15) is 0 Å². The molecule has 0 aromatic heterocycles. The fraction of sp³-hybridized carbons (Fsp3) is 0.400. The van der Waals surface area contributed by atoms with E-state index in [9.17, 15) is 10.2 Å². The smallest absolute Gasteiger partial charge is 0.121 e. The van der Waals surface area contributed by atoms with E-state index in [-0.39, 0.29) is 17.6 Å². The first-order chi connectivity index (χ1) is 6.15. The van der Waals surface area contributed by atoms with Gasteiger partial charge in [0.2, 0.25) is 0 Å². The van der Waals surface area contributed by atoms with Crippen molar-refractivity contribution in [1.29, 1.82) is 0 Å². The molecule has 0 saturated carbocycles. The normalized spacial score (nSPS) is 12.8. The van der Waals surface area contributed by atoms with Crippen molar-refractivity contribution >= 4 is 0 Å². The lowest BCUT2D eigenvalue weighted by atomic mass is 10.1. The third kappa shape index (κ3) is 2.36. The average Bonchev–Trinajstić information content (AvgIpc) is 2.09. The van der Waals surface area contributed by atoms with Crippen molar-refractivity contribution in [1.82, 2.24) is 0 Å². The number of aromatic hydroxyl groups is 2. The van der Waals surface area contributed by atoms with Gasteiger partial charge in [-0.05, 0) is 32.0 Å². The topological polar surface area (TPSA) is 49.7 Å². The number of benzene rings is 1. The Hall–Kier alpha value is -1.22. The Labute approximate surface area is 77.6 Å². The summed E-state index contributed by atoms with van der Waals surface area (Å²) in [5, 5.41) is 18.6. The molecule has 0 aliphatic rings. The van der Waals surface area contributed by atoms with Crippen LogP contribution in [0.15, 0.2) is 18.2 Å².